The quantitative estimate of drug-likeness (QED) is 0.365. The third-order valence-corrected chi connectivity index (χ3v) is 10.3. The van der Waals surface area contributed by atoms with E-state index in [4.69, 9.17) is 16.9 Å². The molecule has 7 rings (SSSR count). The lowest BCUT2D eigenvalue weighted by Gasteiger charge is -2.61. The first-order chi connectivity index (χ1) is 19.5. The van der Waals surface area contributed by atoms with Gasteiger partial charge >= 0.3 is 0 Å². The van der Waals surface area contributed by atoms with Crippen molar-refractivity contribution in [2.45, 2.75) is 70.0 Å². The molecule has 3 N–H and O–H groups in total. The third-order valence-electron chi connectivity index (χ3n) is 9.89. The molecule has 5 aliphatic rings. The fourth-order valence-corrected chi connectivity index (χ4v) is 8.46. The molecule has 5 atom stereocenters. The first kappa shape index (κ1) is 27.3. The van der Waals surface area contributed by atoms with Crippen molar-refractivity contribution in [2.24, 2.45) is 23.2 Å². The van der Waals surface area contributed by atoms with Crippen molar-refractivity contribution in [3.63, 3.8) is 0 Å². The molecular formula is C31H39ClN8. The number of aromatic nitrogens is 2. The lowest BCUT2D eigenvalue weighted by atomic mass is 9.48. The van der Waals surface area contributed by atoms with Gasteiger partial charge in [-0.25, -0.2) is 4.98 Å². The largest absolute Gasteiger partial charge is 0.368 e. The van der Waals surface area contributed by atoms with Crippen LogP contribution in [0.15, 0.2) is 30.5 Å². The number of benzene rings is 1. The van der Waals surface area contributed by atoms with E-state index in [2.05, 4.69) is 43.0 Å². The van der Waals surface area contributed by atoms with Crippen LogP contribution in [-0.2, 0) is 6.54 Å². The lowest BCUT2D eigenvalue weighted by molar-refractivity contribution is -0.0734. The number of anilines is 2. The minimum atomic E-state index is 0.276. The molecule has 1 aliphatic heterocycles. The van der Waals surface area contributed by atoms with E-state index in [1.807, 2.05) is 24.3 Å². The summed E-state index contributed by atoms with van der Waals surface area (Å²) in [5, 5.41) is 30.3. The van der Waals surface area contributed by atoms with Crippen molar-refractivity contribution < 1.29 is 0 Å². The Hall–Kier alpha value is -2.91. The van der Waals surface area contributed by atoms with Gasteiger partial charge in [0.05, 0.1) is 12.3 Å². The van der Waals surface area contributed by atoms with Crippen molar-refractivity contribution in [3.05, 3.63) is 46.6 Å². The normalized spacial score (nSPS) is 29.6. The van der Waals surface area contributed by atoms with E-state index in [9.17, 15) is 5.26 Å². The van der Waals surface area contributed by atoms with Crippen molar-refractivity contribution >= 4 is 23.4 Å². The van der Waals surface area contributed by atoms with Gasteiger partial charge < -0.3 is 20.9 Å². The Morgan fingerprint density at radius 3 is 2.55 bits per heavy atom. The van der Waals surface area contributed by atoms with Gasteiger partial charge in [-0.3, -0.25) is 0 Å². The Bertz CT molecular complexity index is 1260. The van der Waals surface area contributed by atoms with Crippen LogP contribution in [0.25, 0.3) is 0 Å². The second-order valence-electron chi connectivity index (χ2n) is 12.6. The Kier molecular flexibility index (Phi) is 8.12. The number of nitriles is 2. The van der Waals surface area contributed by atoms with E-state index in [0.717, 1.165) is 49.5 Å². The highest BCUT2D eigenvalue weighted by Gasteiger charge is 2.55. The molecule has 0 radical (unpaired) electrons. The molecule has 0 spiro atoms. The highest BCUT2D eigenvalue weighted by atomic mass is 35.5. The van der Waals surface area contributed by atoms with Gasteiger partial charge in [0.25, 0.3) is 0 Å². The average molecular weight is 559 g/mol. The van der Waals surface area contributed by atoms with Crippen LogP contribution in [0.3, 0.4) is 0 Å². The average Bonchev–Trinajstić information content (AvgIpc) is 2.97. The number of piperidine rings is 1. The summed E-state index contributed by atoms with van der Waals surface area (Å²) in [6.45, 7) is 4.50. The van der Waals surface area contributed by atoms with Gasteiger partial charge in [0, 0.05) is 43.2 Å². The Morgan fingerprint density at radius 1 is 1.05 bits per heavy atom. The zero-order chi connectivity index (χ0) is 27.5. The number of nitrogens with one attached hydrogen (secondary N) is 3. The number of rotatable bonds is 10. The molecule has 2 heterocycles. The topological polar surface area (TPSA) is 113 Å². The van der Waals surface area contributed by atoms with Gasteiger partial charge in [-0.05, 0) is 92.8 Å². The fraction of sp³-hybridized carbons (Fsp3) is 0.613. The van der Waals surface area contributed by atoms with E-state index >= 15 is 0 Å². The third kappa shape index (κ3) is 5.91. The Labute approximate surface area is 242 Å². The Balaban J connectivity index is 1.07. The number of nitrogens with zero attached hydrogens (tertiary/aromatic N) is 5. The van der Waals surface area contributed by atoms with Crippen molar-refractivity contribution in [2.75, 3.05) is 36.8 Å². The van der Waals surface area contributed by atoms with Crippen LogP contribution in [0.4, 0.5) is 11.8 Å². The van der Waals surface area contributed by atoms with E-state index in [1.165, 1.54) is 44.9 Å². The zero-order valence-electron chi connectivity index (χ0n) is 23.1. The molecule has 4 aliphatic carbocycles. The van der Waals surface area contributed by atoms with Gasteiger partial charge in [0.15, 0.2) is 0 Å². The summed E-state index contributed by atoms with van der Waals surface area (Å²) in [5.74, 6) is 3.40. The number of likely N-dealkylation sites (tertiary alicyclic amines) is 1. The summed E-state index contributed by atoms with van der Waals surface area (Å²) in [6.07, 6.45) is 11.1. The van der Waals surface area contributed by atoms with E-state index in [-0.39, 0.29) is 5.41 Å². The molecule has 3 unspecified atom stereocenters. The van der Waals surface area contributed by atoms with Gasteiger partial charge in [0.1, 0.15) is 17.5 Å². The molecule has 1 aromatic heterocycles. The molecule has 0 amide bonds. The van der Waals surface area contributed by atoms with Crippen molar-refractivity contribution in [3.8, 4) is 12.1 Å². The smallest absolute Gasteiger partial charge is 0.224 e. The van der Waals surface area contributed by atoms with E-state index in [0.29, 0.717) is 47.4 Å². The molecule has 8 nitrogen and oxygen atoms in total. The standard InChI is InChI=1S/C31H39ClN8/c32-27-5-2-1-4-22(27)18-35-30-36-19-25(17-34)29(39-30)37-20-31-14-21-12-23(15-31)28(24(13-21)16-31)38-26-6-10-40(11-7-26)9-3-8-33/h1-2,4-5,19,21,23-24,26,28,38H,3,6-7,9-16,18,20H2,(H2,35,36,37,39)/t21?,23-,24+,28?,31?. The van der Waals surface area contributed by atoms with Crippen LogP contribution in [0.5, 0.6) is 0 Å². The molecule has 40 heavy (non-hydrogen) atoms. The predicted molar refractivity (Wildman–Crippen MR) is 157 cm³/mol. The van der Waals surface area contributed by atoms with Crippen LogP contribution < -0.4 is 16.0 Å². The van der Waals surface area contributed by atoms with Crippen molar-refractivity contribution in [1.29, 1.82) is 10.5 Å². The summed E-state index contributed by atoms with van der Waals surface area (Å²) in [5.41, 5.74) is 1.74. The van der Waals surface area contributed by atoms with Gasteiger partial charge in [-0.1, -0.05) is 29.8 Å². The summed E-state index contributed by atoms with van der Waals surface area (Å²) in [7, 11) is 0. The predicted octanol–water partition coefficient (Wildman–Crippen LogP) is 5.19. The molecule has 5 fully saturated rings. The second-order valence-corrected chi connectivity index (χ2v) is 13.0. The Morgan fingerprint density at radius 2 is 1.82 bits per heavy atom. The molecule has 1 aromatic carbocycles. The number of hydrogen-bond acceptors (Lipinski definition) is 8. The maximum Gasteiger partial charge on any atom is 0.224 e. The minimum absolute atomic E-state index is 0.276. The van der Waals surface area contributed by atoms with Gasteiger partial charge in [-0.15, -0.1) is 0 Å². The minimum Gasteiger partial charge on any atom is -0.368 e. The first-order valence-corrected chi connectivity index (χ1v) is 15.3. The highest BCUT2D eigenvalue weighted by Crippen LogP contribution is 2.60. The molecule has 210 valence electrons. The first-order valence-electron chi connectivity index (χ1n) is 14.9. The maximum absolute atomic E-state index is 9.73. The van der Waals surface area contributed by atoms with Crippen LogP contribution in [0.1, 0.15) is 62.5 Å². The highest BCUT2D eigenvalue weighted by molar-refractivity contribution is 6.31. The van der Waals surface area contributed by atoms with Crippen molar-refractivity contribution in [1.82, 2.24) is 20.2 Å². The summed E-state index contributed by atoms with van der Waals surface area (Å²) >= 11 is 6.30. The summed E-state index contributed by atoms with van der Waals surface area (Å²) in [4.78, 5) is 11.5. The molecule has 9 heteroatoms. The van der Waals surface area contributed by atoms with Crippen LogP contribution in [0.2, 0.25) is 5.02 Å². The second kappa shape index (κ2) is 11.9. The lowest BCUT2D eigenvalue weighted by Crippen LogP contribution is -2.61. The monoisotopic (exact) mass is 558 g/mol. The molecule has 4 saturated carbocycles. The molecule has 2 aromatic rings. The molecule has 1 saturated heterocycles. The number of hydrogen-bond donors (Lipinski definition) is 3. The molecular weight excluding hydrogens is 520 g/mol. The van der Waals surface area contributed by atoms with E-state index in [1.54, 1.807) is 6.20 Å². The zero-order valence-corrected chi connectivity index (χ0v) is 23.8. The van der Waals surface area contributed by atoms with E-state index < -0.39 is 0 Å². The fourth-order valence-electron chi connectivity index (χ4n) is 8.26. The van der Waals surface area contributed by atoms with Crippen LogP contribution in [0, 0.1) is 45.8 Å². The van der Waals surface area contributed by atoms with Gasteiger partial charge in [-0.2, -0.15) is 15.5 Å². The molecule has 4 bridgehead atoms. The van der Waals surface area contributed by atoms with Crippen LogP contribution >= 0.6 is 11.6 Å². The number of halogens is 1. The SMILES string of the molecule is N#CCCN1CCC(NC2[C@@H]3CC4C[C@H]2CC(CNc2nc(NCc5ccccc5Cl)ncc2C#N)(C4)C3)CC1. The maximum atomic E-state index is 9.73. The summed E-state index contributed by atoms with van der Waals surface area (Å²) < 4.78 is 0. The van der Waals surface area contributed by atoms with Crippen LogP contribution in [-0.4, -0.2) is 53.1 Å². The summed E-state index contributed by atoms with van der Waals surface area (Å²) in [6, 6.07) is 13.5. The van der Waals surface area contributed by atoms with Gasteiger partial charge in [0.2, 0.25) is 5.95 Å².